The van der Waals surface area contributed by atoms with Gasteiger partial charge >= 0.3 is 0 Å². The van der Waals surface area contributed by atoms with Gasteiger partial charge in [0.25, 0.3) is 11.6 Å². The molecule has 0 bridgehead atoms. The van der Waals surface area contributed by atoms with Gasteiger partial charge in [-0.25, -0.2) is 0 Å². The van der Waals surface area contributed by atoms with Crippen LogP contribution in [-0.2, 0) is 0 Å². The molecule has 2 aromatic carbocycles. The molecule has 2 aromatic rings. The lowest BCUT2D eigenvalue weighted by Gasteiger charge is -2.11. The topological polar surface area (TPSA) is 72.2 Å². The zero-order chi connectivity index (χ0) is 15.6. The van der Waals surface area contributed by atoms with E-state index in [2.05, 4.69) is 5.32 Å². The molecule has 5 nitrogen and oxygen atoms in total. The maximum atomic E-state index is 12.2. The van der Waals surface area contributed by atoms with E-state index in [4.69, 9.17) is 11.6 Å². The predicted molar refractivity (Wildman–Crippen MR) is 82.0 cm³/mol. The number of benzene rings is 2. The van der Waals surface area contributed by atoms with Crippen LogP contribution in [0, 0.1) is 24.0 Å². The third kappa shape index (κ3) is 3.38. The molecule has 0 unspecified atom stereocenters. The summed E-state index contributed by atoms with van der Waals surface area (Å²) in [4.78, 5) is 22.4. The summed E-state index contributed by atoms with van der Waals surface area (Å²) in [7, 11) is 0. The molecule has 0 atom stereocenters. The first-order chi connectivity index (χ1) is 9.88. The minimum atomic E-state index is -0.541. The first kappa shape index (κ1) is 15.0. The molecular formula is C15H13ClN2O3. The second-order valence-corrected chi connectivity index (χ2v) is 5.11. The molecule has 108 valence electrons. The number of anilines is 1. The van der Waals surface area contributed by atoms with Crippen LogP contribution in [-0.4, -0.2) is 10.8 Å². The lowest BCUT2D eigenvalue weighted by Crippen LogP contribution is -2.13. The Morgan fingerprint density at radius 2 is 1.95 bits per heavy atom. The van der Waals surface area contributed by atoms with Gasteiger partial charge in [0.15, 0.2) is 0 Å². The van der Waals surface area contributed by atoms with Crippen molar-refractivity contribution in [2.75, 3.05) is 5.32 Å². The van der Waals surface area contributed by atoms with Crippen LogP contribution in [0.15, 0.2) is 36.4 Å². The van der Waals surface area contributed by atoms with E-state index in [1.165, 1.54) is 24.3 Å². The van der Waals surface area contributed by atoms with Crippen LogP contribution in [0.5, 0.6) is 0 Å². The number of hydrogen-bond acceptors (Lipinski definition) is 3. The molecule has 2 rings (SSSR count). The summed E-state index contributed by atoms with van der Waals surface area (Å²) in [5.41, 5.74) is 2.41. The monoisotopic (exact) mass is 304 g/mol. The molecule has 0 heterocycles. The van der Waals surface area contributed by atoms with Gasteiger partial charge in [0.2, 0.25) is 0 Å². The standard InChI is InChI=1S/C15H13ClN2O3/c1-9-6-10(2)14(13(16)7-9)17-15(19)11-4-3-5-12(8-11)18(20)21/h3-8H,1-2H3,(H,17,19). The fourth-order valence-electron chi connectivity index (χ4n) is 2.02. The fourth-order valence-corrected chi connectivity index (χ4v) is 2.39. The van der Waals surface area contributed by atoms with E-state index in [1.54, 1.807) is 6.07 Å². The second kappa shape index (κ2) is 5.93. The number of halogens is 1. The average Bonchev–Trinajstić information content (AvgIpc) is 2.42. The van der Waals surface area contributed by atoms with Crippen LogP contribution in [0.3, 0.4) is 0 Å². The summed E-state index contributed by atoms with van der Waals surface area (Å²) in [5.74, 6) is -0.437. The third-order valence-electron chi connectivity index (χ3n) is 2.99. The average molecular weight is 305 g/mol. The summed E-state index contributed by atoms with van der Waals surface area (Å²) < 4.78 is 0. The number of carbonyl (C=O) groups excluding carboxylic acids is 1. The molecule has 0 fully saturated rings. The van der Waals surface area contributed by atoms with Crippen molar-refractivity contribution in [3.05, 3.63) is 68.2 Å². The van der Waals surface area contributed by atoms with Crippen molar-refractivity contribution in [1.29, 1.82) is 0 Å². The number of nitrogens with zero attached hydrogens (tertiary/aromatic N) is 1. The number of carbonyl (C=O) groups is 1. The third-order valence-corrected chi connectivity index (χ3v) is 3.29. The summed E-state index contributed by atoms with van der Waals surface area (Å²) in [6, 6.07) is 9.19. The molecule has 0 aliphatic carbocycles. The molecule has 0 aliphatic rings. The highest BCUT2D eigenvalue weighted by Gasteiger charge is 2.14. The Bertz CT molecular complexity index is 706. The van der Waals surface area contributed by atoms with Crippen LogP contribution in [0.2, 0.25) is 5.02 Å². The quantitative estimate of drug-likeness (QED) is 0.685. The number of nitrogens with one attached hydrogen (secondary N) is 1. The second-order valence-electron chi connectivity index (χ2n) is 4.70. The van der Waals surface area contributed by atoms with Crippen molar-refractivity contribution >= 4 is 28.9 Å². The number of nitro groups is 1. The van der Waals surface area contributed by atoms with E-state index >= 15 is 0 Å². The summed E-state index contributed by atoms with van der Waals surface area (Å²) >= 11 is 6.13. The number of amides is 1. The number of aryl methyl sites for hydroxylation is 2. The Morgan fingerprint density at radius 3 is 2.57 bits per heavy atom. The Labute approximate surface area is 126 Å². The van der Waals surface area contributed by atoms with Crippen LogP contribution >= 0.6 is 11.6 Å². The Balaban J connectivity index is 2.30. The van der Waals surface area contributed by atoms with Crippen molar-refractivity contribution in [1.82, 2.24) is 0 Å². The summed E-state index contributed by atoms with van der Waals surface area (Å²) in [6.45, 7) is 3.74. The highest BCUT2D eigenvalue weighted by atomic mass is 35.5. The van der Waals surface area contributed by atoms with E-state index in [9.17, 15) is 14.9 Å². The molecule has 0 aliphatic heterocycles. The molecule has 1 amide bonds. The molecule has 0 spiro atoms. The highest BCUT2D eigenvalue weighted by Crippen LogP contribution is 2.28. The molecule has 0 aromatic heterocycles. The van der Waals surface area contributed by atoms with Crippen molar-refractivity contribution < 1.29 is 9.72 Å². The van der Waals surface area contributed by atoms with Crippen molar-refractivity contribution in [2.45, 2.75) is 13.8 Å². The number of nitro benzene ring substituents is 1. The van der Waals surface area contributed by atoms with Crippen LogP contribution < -0.4 is 5.32 Å². The van der Waals surface area contributed by atoms with Crippen LogP contribution in [0.25, 0.3) is 0 Å². The first-order valence-corrected chi connectivity index (χ1v) is 6.59. The van der Waals surface area contributed by atoms with E-state index in [0.717, 1.165) is 11.1 Å². The van der Waals surface area contributed by atoms with Crippen LogP contribution in [0.4, 0.5) is 11.4 Å². The minimum Gasteiger partial charge on any atom is -0.320 e. The molecule has 0 saturated carbocycles. The molecule has 0 saturated heterocycles. The van der Waals surface area contributed by atoms with Gasteiger partial charge < -0.3 is 5.32 Å². The zero-order valence-electron chi connectivity index (χ0n) is 11.5. The number of rotatable bonds is 3. The minimum absolute atomic E-state index is 0.130. The van der Waals surface area contributed by atoms with Gasteiger partial charge in [-0.3, -0.25) is 14.9 Å². The SMILES string of the molecule is Cc1cc(C)c(NC(=O)c2cccc([N+](=O)[O-])c2)c(Cl)c1. The van der Waals surface area contributed by atoms with Gasteiger partial charge in [0.05, 0.1) is 15.6 Å². The molecule has 6 heteroatoms. The Hall–Kier alpha value is -2.40. The fraction of sp³-hybridized carbons (Fsp3) is 0.133. The summed E-state index contributed by atoms with van der Waals surface area (Å²) in [6.07, 6.45) is 0. The van der Waals surface area contributed by atoms with E-state index in [1.807, 2.05) is 19.9 Å². The Kier molecular flexibility index (Phi) is 4.23. The molecular weight excluding hydrogens is 292 g/mol. The van der Waals surface area contributed by atoms with E-state index < -0.39 is 10.8 Å². The van der Waals surface area contributed by atoms with Gasteiger partial charge in [0.1, 0.15) is 0 Å². The highest BCUT2D eigenvalue weighted by molar-refractivity contribution is 6.34. The van der Waals surface area contributed by atoms with Gasteiger partial charge in [-0.1, -0.05) is 23.7 Å². The molecule has 0 radical (unpaired) electrons. The lowest BCUT2D eigenvalue weighted by atomic mass is 10.1. The molecule has 21 heavy (non-hydrogen) atoms. The maximum Gasteiger partial charge on any atom is 0.270 e. The number of non-ortho nitro benzene ring substituents is 1. The van der Waals surface area contributed by atoms with Crippen molar-refractivity contribution in [3.8, 4) is 0 Å². The lowest BCUT2D eigenvalue weighted by molar-refractivity contribution is -0.384. The normalized spacial score (nSPS) is 10.2. The van der Waals surface area contributed by atoms with E-state index in [0.29, 0.717) is 10.7 Å². The van der Waals surface area contributed by atoms with Crippen molar-refractivity contribution in [2.24, 2.45) is 0 Å². The summed E-state index contributed by atoms with van der Waals surface area (Å²) in [5, 5.41) is 13.9. The van der Waals surface area contributed by atoms with E-state index in [-0.39, 0.29) is 11.3 Å². The largest absolute Gasteiger partial charge is 0.320 e. The zero-order valence-corrected chi connectivity index (χ0v) is 12.3. The first-order valence-electron chi connectivity index (χ1n) is 6.21. The van der Waals surface area contributed by atoms with Gasteiger partial charge in [-0.2, -0.15) is 0 Å². The van der Waals surface area contributed by atoms with Gasteiger partial charge in [0, 0.05) is 17.7 Å². The molecule has 1 N–H and O–H groups in total. The Morgan fingerprint density at radius 1 is 1.24 bits per heavy atom. The maximum absolute atomic E-state index is 12.2. The smallest absolute Gasteiger partial charge is 0.270 e. The van der Waals surface area contributed by atoms with Crippen molar-refractivity contribution in [3.63, 3.8) is 0 Å². The predicted octanol–water partition coefficient (Wildman–Crippen LogP) is 4.12. The van der Waals surface area contributed by atoms with Gasteiger partial charge in [-0.15, -0.1) is 0 Å². The van der Waals surface area contributed by atoms with Crippen LogP contribution in [0.1, 0.15) is 21.5 Å². The van der Waals surface area contributed by atoms with Gasteiger partial charge in [-0.05, 0) is 37.1 Å². The number of hydrogen-bond donors (Lipinski definition) is 1.